The molecule has 2 aromatic carbocycles. The zero-order valence-electron chi connectivity index (χ0n) is 11.7. The second-order valence-electron chi connectivity index (χ2n) is 4.42. The van der Waals surface area contributed by atoms with Gasteiger partial charge in [0.25, 0.3) is 0 Å². The van der Waals surface area contributed by atoms with Gasteiger partial charge in [-0.15, -0.1) is 11.3 Å². The van der Waals surface area contributed by atoms with Gasteiger partial charge in [-0.05, 0) is 24.3 Å². The van der Waals surface area contributed by atoms with Crippen molar-refractivity contribution in [2.75, 3.05) is 25.3 Å². The molecule has 0 saturated heterocycles. The quantitative estimate of drug-likeness (QED) is 0.720. The summed E-state index contributed by atoms with van der Waals surface area (Å²) in [6.07, 6.45) is 0. The van der Waals surface area contributed by atoms with Gasteiger partial charge in [-0.2, -0.15) is 0 Å². The molecule has 0 aliphatic carbocycles. The highest BCUT2D eigenvalue weighted by molar-refractivity contribution is 7.16. The lowest BCUT2D eigenvalue weighted by Gasteiger charge is -2.14. The first-order chi connectivity index (χ1) is 10.2. The molecule has 108 valence electrons. The van der Waals surface area contributed by atoms with Crippen LogP contribution in [0.5, 0.6) is 11.5 Å². The highest BCUT2D eigenvalue weighted by atomic mass is 32.1. The van der Waals surface area contributed by atoms with Gasteiger partial charge in [0.1, 0.15) is 17.0 Å². The Morgan fingerprint density at radius 2 is 1.90 bits per heavy atom. The van der Waals surface area contributed by atoms with E-state index in [4.69, 9.17) is 15.2 Å². The number of nitrogen functional groups attached to an aromatic ring is 1. The number of methoxy groups -OCH3 is 2. The third kappa shape index (κ3) is 2.45. The molecular formula is C15H15N3O2S. The molecule has 0 fully saturated rings. The number of nitrogens with one attached hydrogen (secondary N) is 1. The fourth-order valence-corrected chi connectivity index (χ4v) is 2.80. The summed E-state index contributed by atoms with van der Waals surface area (Å²) in [6.45, 7) is 0. The van der Waals surface area contributed by atoms with Crippen molar-refractivity contribution >= 4 is 38.6 Å². The summed E-state index contributed by atoms with van der Waals surface area (Å²) in [4.78, 5) is 4.29. The molecular weight excluding hydrogens is 286 g/mol. The highest BCUT2D eigenvalue weighted by Gasteiger charge is 2.10. The predicted octanol–water partition coefficient (Wildman–Crippen LogP) is 3.64. The van der Waals surface area contributed by atoms with Crippen molar-refractivity contribution < 1.29 is 9.47 Å². The maximum absolute atomic E-state index is 6.18. The molecule has 3 rings (SSSR count). The Labute approximate surface area is 126 Å². The summed E-state index contributed by atoms with van der Waals surface area (Å²) < 4.78 is 11.6. The van der Waals surface area contributed by atoms with Crippen molar-refractivity contribution in [3.8, 4) is 11.5 Å². The van der Waals surface area contributed by atoms with Crippen LogP contribution in [-0.2, 0) is 0 Å². The van der Waals surface area contributed by atoms with Crippen molar-refractivity contribution in [2.45, 2.75) is 0 Å². The summed E-state index contributed by atoms with van der Waals surface area (Å²) in [5.74, 6) is 1.42. The monoisotopic (exact) mass is 301 g/mol. The first kappa shape index (κ1) is 13.5. The van der Waals surface area contributed by atoms with Crippen LogP contribution in [0.3, 0.4) is 0 Å². The van der Waals surface area contributed by atoms with Crippen molar-refractivity contribution in [1.82, 2.24) is 4.98 Å². The number of benzene rings is 2. The van der Waals surface area contributed by atoms with Crippen LogP contribution in [0.25, 0.3) is 10.2 Å². The van der Waals surface area contributed by atoms with E-state index in [9.17, 15) is 0 Å². The lowest BCUT2D eigenvalue weighted by atomic mass is 10.2. The lowest BCUT2D eigenvalue weighted by Crippen LogP contribution is -1.99. The van der Waals surface area contributed by atoms with Gasteiger partial charge < -0.3 is 20.5 Å². The summed E-state index contributed by atoms with van der Waals surface area (Å²) in [6, 6.07) is 9.52. The third-order valence-electron chi connectivity index (χ3n) is 3.22. The van der Waals surface area contributed by atoms with E-state index in [1.54, 1.807) is 31.1 Å². The van der Waals surface area contributed by atoms with Gasteiger partial charge in [0.15, 0.2) is 0 Å². The zero-order chi connectivity index (χ0) is 14.8. The van der Waals surface area contributed by atoms with Gasteiger partial charge >= 0.3 is 0 Å². The average Bonchev–Trinajstić information content (AvgIpc) is 2.99. The Balaban J connectivity index is 2.00. The Morgan fingerprint density at radius 1 is 1.10 bits per heavy atom. The van der Waals surface area contributed by atoms with Crippen molar-refractivity contribution in [1.29, 1.82) is 0 Å². The largest absolute Gasteiger partial charge is 0.497 e. The van der Waals surface area contributed by atoms with Crippen LogP contribution in [0.2, 0.25) is 0 Å². The molecule has 0 aliphatic heterocycles. The third-order valence-corrected chi connectivity index (χ3v) is 4.01. The predicted molar refractivity (Wildman–Crippen MR) is 86.9 cm³/mol. The number of nitrogens with zero attached hydrogens (tertiary/aromatic N) is 1. The van der Waals surface area contributed by atoms with Crippen LogP contribution in [-0.4, -0.2) is 19.2 Å². The van der Waals surface area contributed by atoms with Crippen LogP contribution < -0.4 is 20.5 Å². The van der Waals surface area contributed by atoms with E-state index < -0.39 is 0 Å². The zero-order valence-corrected chi connectivity index (χ0v) is 12.5. The molecule has 3 aromatic rings. The van der Waals surface area contributed by atoms with Gasteiger partial charge in [-0.1, -0.05) is 0 Å². The summed E-state index contributed by atoms with van der Waals surface area (Å²) >= 11 is 1.57. The molecule has 0 unspecified atom stereocenters. The van der Waals surface area contributed by atoms with Crippen LogP contribution >= 0.6 is 11.3 Å². The normalized spacial score (nSPS) is 10.6. The van der Waals surface area contributed by atoms with Crippen molar-refractivity contribution in [2.24, 2.45) is 0 Å². The Kier molecular flexibility index (Phi) is 3.53. The molecule has 3 N–H and O–H groups in total. The molecule has 0 aliphatic rings. The minimum Gasteiger partial charge on any atom is -0.497 e. The van der Waals surface area contributed by atoms with Gasteiger partial charge in [-0.3, -0.25) is 0 Å². The number of ether oxygens (including phenoxy) is 2. The maximum atomic E-state index is 6.18. The van der Waals surface area contributed by atoms with Gasteiger partial charge in [0.05, 0.1) is 41.5 Å². The van der Waals surface area contributed by atoms with Crippen LogP contribution in [0.1, 0.15) is 0 Å². The number of aromatic nitrogens is 1. The average molecular weight is 301 g/mol. The van der Waals surface area contributed by atoms with E-state index >= 15 is 0 Å². The standard InChI is InChI=1S/C15H15N3O2S/c1-19-9-3-4-10(12(7-9)20-2)18-11-5-6-13-15(14(11)16)17-8-21-13/h3-8,18H,16H2,1-2H3. The first-order valence-corrected chi connectivity index (χ1v) is 7.21. The molecule has 21 heavy (non-hydrogen) atoms. The maximum Gasteiger partial charge on any atom is 0.145 e. The van der Waals surface area contributed by atoms with Gasteiger partial charge in [-0.25, -0.2) is 4.98 Å². The van der Waals surface area contributed by atoms with Crippen molar-refractivity contribution in [3.63, 3.8) is 0 Å². The smallest absolute Gasteiger partial charge is 0.145 e. The number of rotatable bonds is 4. The van der Waals surface area contributed by atoms with Crippen LogP contribution in [0.15, 0.2) is 35.8 Å². The van der Waals surface area contributed by atoms with Gasteiger partial charge in [0, 0.05) is 6.07 Å². The fourth-order valence-electron chi connectivity index (χ4n) is 2.11. The Hall–Kier alpha value is -2.47. The number of anilines is 3. The number of thiazole rings is 1. The van der Waals surface area contributed by atoms with Crippen LogP contribution in [0, 0.1) is 0 Å². The Morgan fingerprint density at radius 3 is 2.67 bits per heavy atom. The summed E-state index contributed by atoms with van der Waals surface area (Å²) in [5, 5.41) is 3.28. The minimum absolute atomic E-state index is 0.631. The number of hydrogen-bond acceptors (Lipinski definition) is 6. The topological polar surface area (TPSA) is 69.4 Å². The molecule has 0 spiro atoms. The van der Waals surface area contributed by atoms with Crippen molar-refractivity contribution in [3.05, 3.63) is 35.8 Å². The molecule has 0 amide bonds. The van der Waals surface area contributed by atoms with E-state index in [1.165, 1.54) is 0 Å². The molecule has 1 aromatic heterocycles. The second-order valence-corrected chi connectivity index (χ2v) is 5.30. The molecule has 0 atom stereocenters. The molecule has 0 radical (unpaired) electrons. The lowest BCUT2D eigenvalue weighted by molar-refractivity contribution is 0.395. The molecule has 5 nitrogen and oxygen atoms in total. The number of hydrogen-bond donors (Lipinski definition) is 2. The SMILES string of the molecule is COc1ccc(Nc2ccc3scnc3c2N)c(OC)c1. The van der Waals surface area contributed by atoms with E-state index in [0.717, 1.165) is 27.3 Å². The Bertz CT molecular complexity index is 786. The van der Waals surface area contributed by atoms with Crippen LogP contribution in [0.4, 0.5) is 17.1 Å². The van der Waals surface area contributed by atoms with E-state index in [-0.39, 0.29) is 0 Å². The second kappa shape index (κ2) is 5.49. The number of nitrogens with two attached hydrogens (primary N) is 1. The molecule has 0 bridgehead atoms. The minimum atomic E-state index is 0.631. The van der Waals surface area contributed by atoms with E-state index in [2.05, 4.69) is 10.3 Å². The fraction of sp³-hybridized carbons (Fsp3) is 0.133. The van der Waals surface area contributed by atoms with E-state index in [1.807, 2.05) is 30.3 Å². The summed E-state index contributed by atoms with van der Waals surface area (Å²) in [5.41, 5.74) is 11.0. The highest BCUT2D eigenvalue weighted by Crippen LogP contribution is 2.36. The number of fused-ring (bicyclic) bond motifs is 1. The molecule has 6 heteroatoms. The molecule has 0 saturated carbocycles. The van der Waals surface area contributed by atoms with E-state index in [0.29, 0.717) is 11.4 Å². The van der Waals surface area contributed by atoms with Gasteiger partial charge in [0.2, 0.25) is 0 Å². The summed E-state index contributed by atoms with van der Waals surface area (Å²) in [7, 11) is 3.24. The first-order valence-electron chi connectivity index (χ1n) is 6.33. The molecule has 1 heterocycles.